The highest BCUT2D eigenvalue weighted by Crippen LogP contribution is 2.16. The number of carbonyl (C=O) groups is 1. The third-order valence-corrected chi connectivity index (χ3v) is 6.08. The lowest BCUT2D eigenvalue weighted by molar-refractivity contribution is 0.207. The van der Waals surface area contributed by atoms with Gasteiger partial charge >= 0.3 is 6.03 Å². The van der Waals surface area contributed by atoms with Gasteiger partial charge in [0.1, 0.15) is 12.4 Å². The van der Waals surface area contributed by atoms with Crippen molar-refractivity contribution in [3.05, 3.63) is 59.1 Å². The van der Waals surface area contributed by atoms with E-state index in [1.54, 1.807) is 24.1 Å². The van der Waals surface area contributed by atoms with Crippen LogP contribution in [0.5, 0.6) is 5.75 Å². The lowest BCUT2D eigenvalue weighted by atomic mass is 10.1. The van der Waals surface area contributed by atoms with Crippen LogP contribution in [0.3, 0.4) is 0 Å². The summed E-state index contributed by atoms with van der Waals surface area (Å²) < 4.78 is 5.64. The third kappa shape index (κ3) is 7.46. The Labute approximate surface area is 182 Å². The lowest BCUT2D eigenvalue weighted by Gasteiger charge is -2.26. The molecular weight excluding hydrogens is 406 g/mol. The van der Waals surface area contributed by atoms with Crippen molar-refractivity contribution in [1.29, 1.82) is 0 Å². The molecule has 0 radical (unpaired) electrons. The van der Waals surface area contributed by atoms with E-state index in [9.17, 15) is 4.79 Å². The zero-order valence-corrected chi connectivity index (χ0v) is 18.3. The predicted octanol–water partition coefficient (Wildman–Crippen LogP) is 4.47. The van der Waals surface area contributed by atoms with Gasteiger partial charge in [0, 0.05) is 48.9 Å². The number of likely N-dealkylation sites (N-methyl/N-ethyl adjacent to an activating group) is 1. The molecule has 1 fully saturated rings. The number of carbonyl (C=O) groups excluding carboxylic acids is 1. The molecule has 0 bridgehead atoms. The molecule has 1 aliphatic heterocycles. The molecule has 0 saturated carbocycles. The van der Waals surface area contributed by atoms with Gasteiger partial charge < -0.3 is 19.9 Å². The van der Waals surface area contributed by atoms with Crippen LogP contribution in [0.1, 0.15) is 5.56 Å². The molecule has 1 heterocycles. The minimum absolute atomic E-state index is 0.150. The monoisotopic (exact) mass is 433 g/mol. The van der Waals surface area contributed by atoms with Crippen LogP contribution in [-0.2, 0) is 6.42 Å². The summed E-state index contributed by atoms with van der Waals surface area (Å²) in [7, 11) is 1.76. The number of nitrogens with zero attached hydrogens (tertiary/aromatic N) is 2. The number of nitrogens with one attached hydrogen (secondary N) is 1. The summed E-state index contributed by atoms with van der Waals surface area (Å²) in [5.74, 6) is 3.22. The summed E-state index contributed by atoms with van der Waals surface area (Å²) in [5.41, 5.74) is 2.10. The van der Waals surface area contributed by atoms with Gasteiger partial charge in [-0.1, -0.05) is 23.7 Å². The first kappa shape index (κ1) is 21.8. The van der Waals surface area contributed by atoms with Crippen molar-refractivity contribution in [2.45, 2.75) is 6.42 Å². The van der Waals surface area contributed by atoms with E-state index in [1.165, 1.54) is 30.2 Å². The largest absolute Gasteiger partial charge is 0.492 e. The zero-order chi connectivity index (χ0) is 20.5. The number of rotatable bonds is 8. The standard InChI is InChI=1S/C22H28ClN3O2S/c1-25(12-15-28-21-8-4-19(23)5-9-21)22(27)24-20-6-2-18(3-7-20)10-11-26-13-16-29-17-14-26/h2-9H,10-17H2,1H3,(H,24,27). The number of benzene rings is 2. The van der Waals surface area contributed by atoms with Crippen molar-refractivity contribution in [1.82, 2.24) is 9.80 Å². The number of anilines is 1. The molecule has 5 nitrogen and oxygen atoms in total. The molecule has 0 aliphatic carbocycles. The van der Waals surface area contributed by atoms with Crippen molar-refractivity contribution >= 4 is 35.1 Å². The molecule has 29 heavy (non-hydrogen) atoms. The molecule has 2 aromatic rings. The second-order valence-corrected chi connectivity index (χ2v) is 8.72. The number of halogens is 1. The normalized spacial score (nSPS) is 14.4. The summed E-state index contributed by atoms with van der Waals surface area (Å²) in [6.45, 7) is 4.38. The fourth-order valence-electron chi connectivity index (χ4n) is 3.02. The fraction of sp³-hybridized carbons (Fsp3) is 0.409. The highest BCUT2D eigenvalue weighted by molar-refractivity contribution is 7.99. The topological polar surface area (TPSA) is 44.8 Å². The minimum Gasteiger partial charge on any atom is -0.492 e. The maximum Gasteiger partial charge on any atom is 0.321 e. The molecule has 7 heteroatoms. The van der Waals surface area contributed by atoms with Crippen LogP contribution in [0.4, 0.5) is 10.5 Å². The number of amides is 2. The van der Waals surface area contributed by atoms with Gasteiger partial charge in [-0.3, -0.25) is 0 Å². The molecule has 3 rings (SSSR count). The number of urea groups is 1. The Morgan fingerprint density at radius 2 is 1.83 bits per heavy atom. The van der Waals surface area contributed by atoms with Crippen LogP contribution in [0.2, 0.25) is 5.02 Å². The van der Waals surface area contributed by atoms with Crippen molar-refractivity contribution in [2.75, 3.05) is 56.7 Å². The Kier molecular flexibility index (Phi) is 8.52. The quantitative estimate of drug-likeness (QED) is 0.666. The SMILES string of the molecule is CN(CCOc1ccc(Cl)cc1)C(=O)Nc1ccc(CCN2CCSCC2)cc1. The highest BCUT2D eigenvalue weighted by Gasteiger charge is 2.11. The molecule has 2 amide bonds. The molecule has 1 aliphatic rings. The molecule has 0 spiro atoms. The van der Waals surface area contributed by atoms with Crippen LogP contribution in [0, 0.1) is 0 Å². The predicted molar refractivity (Wildman–Crippen MR) is 123 cm³/mol. The first-order valence-electron chi connectivity index (χ1n) is 9.90. The first-order valence-corrected chi connectivity index (χ1v) is 11.4. The van der Waals surface area contributed by atoms with E-state index in [1.807, 2.05) is 36.0 Å². The van der Waals surface area contributed by atoms with Crippen molar-refractivity contribution in [3.8, 4) is 5.75 Å². The number of hydrogen-bond acceptors (Lipinski definition) is 4. The van der Waals surface area contributed by atoms with Gasteiger partial charge in [0.2, 0.25) is 0 Å². The number of hydrogen-bond donors (Lipinski definition) is 1. The van der Waals surface area contributed by atoms with Crippen LogP contribution in [0.25, 0.3) is 0 Å². The Balaban J connectivity index is 1.38. The van der Waals surface area contributed by atoms with E-state index in [-0.39, 0.29) is 6.03 Å². The molecule has 0 unspecified atom stereocenters. The van der Waals surface area contributed by atoms with Crippen LogP contribution in [-0.4, -0.2) is 67.2 Å². The van der Waals surface area contributed by atoms with Crippen LogP contribution < -0.4 is 10.1 Å². The Morgan fingerprint density at radius 1 is 1.14 bits per heavy atom. The molecule has 1 saturated heterocycles. The summed E-state index contributed by atoms with van der Waals surface area (Å²) in [5, 5.41) is 3.60. The van der Waals surface area contributed by atoms with E-state index in [4.69, 9.17) is 16.3 Å². The molecule has 156 valence electrons. The maximum atomic E-state index is 12.3. The van der Waals surface area contributed by atoms with Gasteiger partial charge in [-0.2, -0.15) is 11.8 Å². The molecule has 0 atom stereocenters. The van der Waals surface area contributed by atoms with Gasteiger partial charge in [-0.05, 0) is 48.4 Å². The van der Waals surface area contributed by atoms with Gasteiger partial charge in [0.05, 0.1) is 6.54 Å². The zero-order valence-electron chi connectivity index (χ0n) is 16.8. The number of thioether (sulfide) groups is 1. The molecule has 0 aromatic heterocycles. The molecular formula is C22H28ClN3O2S. The highest BCUT2D eigenvalue weighted by atomic mass is 35.5. The minimum atomic E-state index is -0.150. The van der Waals surface area contributed by atoms with Gasteiger partial charge in [0.15, 0.2) is 0 Å². The Bertz CT molecular complexity index is 765. The first-order chi connectivity index (χ1) is 14.1. The van der Waals surface area contributed by atoms with Gasteiger partial charge in [-0.25, -0.2) is 4.79 Å². The lowest BCUT2D eigenvalue weighted by Crippen LogP contribution is -2.34. The second-order valence-electron chi connectivity index (χ2n) is 7.06. The molecule has 1 N–H and O–H groups in total. The fourth-order valence-corrected chi connectivity index (χ4v) is 4.12. The van der Waals surface area contributed by atoms with E-state index in [2.05, 4.69) is 22.3 Å². The van der Waals surface area contributed by atoms with E-state index < -0.39 is 0 Å². The van der Waals surface area contributed by atoms with Gasteiger partial charge in [-0.15, -0.1) is 0 Å². The summed E-state index contributed by atoms with van der Waals surface area (Å²) in [6.07, 6.45) is 1.04. The van der Waals surface area contributed by atoms with E-state index >= 15 is 0 Å². The van der Waals surface area contributed by atoms with Gasteiger partial charge in [0.25, 0.3) is 0 Å². The summed E-state index contributed by atoms with van der Waals surface area (Å²) in [6, 6.07) is 15.2. The molecule has 2 aromatic carbocycles. The average molecular weight is 434 g/mol. The number of ether oxygens (including phenoxy) is 1. The second kappa shape index (κ2) is 11.3. The van der Waals surface area contributed by atoms with Crippen LogP contribution >= 0.6 is 23.4 Å². The average Bonchev–Trinajstić information content (AvgIpc) is 2.75. The third-order valence-electron chi connectivity index (χ3n) is 4.88. The smallest absolute Gasteiger partial charge is 0.321 e. The van der Waals surface area contributed by atoms with E-state index in [0.717, 1.165) is 24.4 Å². The van der Waals surface area contributed by atoms with Crippen molar-refractivity contribution < 1.29 is 9.53 Å². The maximum absolute atomic E-state index is 12.3. The summed E-state index contributed by atoms with van der Waals surface area (Å²) in [4.78, 5) is 16.5. The van der Waals surface area contributed by atoms with E-state index in [0.29, 0.717) is 18.2 Å². The Morgan fingerprint density at radius 3 is 2.52 bits per heavy atom. The summed E-state index contributed by atoms with van der Waals surface area (Å²) >= 11 is 7.89. The Hall–Kier alpha value is -1.89. The van der Waals surface area contributed by atoms with Crippen molar-refractivity contribution in [2.24, 2.45) is 0 Å². The van der Waals surface area contributed by atoms with Crippen LogP contribution in [0.15, 0.2) is 48.5 Å². The van der Waals surface area contributed by atoms with Crippen molar-refractivity contribution in [3.63, 3.8) is 0 Å².